The Hall–Kier alpha value is -2.91. The standard InChI is InChI=1S/C24H30N6O2S.3H2/c1-5-18(31)11-17-6-8-19(9-7-17)33-23-26-20(25-21-10-16(4)28-29-21)12-22(27-23)30-13-24(32,14-30)15(2)3;;;/h6-10,12,15,32H,5,11,13-14H2,1-4H3,(H2,25,26,27,28,29);3*1H. The van der Waals surface area contributed by atoms with Crippen LogP contribution in [0.15, 0.2) is 46.5 Å². The van der Waals surface area contributed by atoms with Gasteiger partial charge in [0.2, 0.25) is 0 Å². The van der Waals surface area contributed by atoms with Crippen LogP contribution in [0.3, 0.4) is 0 Å². The highest BCUT2D eigenvalue weighted by molar-refractivity contribution is 7.99. The molecule has 1 fully saturated rings. The van der Waals surface area contributed by atoms with E-state index in [9.17, 15) is 9.90 Å². The monoisotopic (exact) mass is 472 g/mol. The quantitative estimate of drug-likeness (QED) is 0.379. The van der Waals surface area contributed by atoms with Gasteiger partial charge in [0.05, 0.1) is 13.1 Å². The first kappa shape index (κ1) is 23.3. The van der Waals surface area contributed by atoms with Gasteiger partial charge in [0, 0.05) is 39.8 Å². The van der Waals surface area contributed by atoms with Crippen molar-refractivity contribution in [1.29, 1.82) is 0 Å². The average Bonchev–Trinajstić information content (AvgIpc) is 3.16. The maximum atomic E-state index is 11.7. The first-order valence-corrected chi connectivity index (χ1v) is 12.0. The number of Topliss-reactive ketones (excluding diaryl/α,β-unsaturated/α-hetero) is 1. The molecule has 33 heavy (non-hydrogen) atoms. The van der Waals surface area contributed by atoms with Crippen LogP contribution in [-0.2, 0) is 11.2 Å². The number of hydrogen-bond acceptors (Lipinski definition) is 8. The van der Waals surface area contributed by atoms with Crippen molar-refractivity contribution in [2.75, 3.05) is 23.3 Å². The van der Waals surface area contributed by atoms with Gasteiger partial charge in [-0.1, -0.05) is 32.9 Å². The van der Waals surface area contributed by atoms with Crippen molar-refractivity contribution in [3.8, 4) is 0 Å². The summed E-state index contributed by atoms with van der Waals surface area (Å²) in [6, 6.07) is 11.7. The molecule has 0 saturated carbocycles. The minimum Gasteiger partial charge on any atom is -0.386 e. The lowest BCUT2D eigenvalue weighted by molar-refractivity contribution is -0.118. The van der Waals surface area contributed by atoms with E-state index in [1.54, 1.807) is 0 Å². The fourth-order valence-corrected chi connectivity index (χ4v) is 4.34. The Labute approximate surface area is 202 Å². The number of nitrogens with one attached hydrogen (secondary N) is 2. The number of nitrogens with zero attached hydrogens (tertiary/aromatic N) is 4. The fraction of sp³-hybridized carbons (Fsp3) is 0.417. The fourth-order valence-electron chi connectivity index (χ4n) is 3.57. The van der Waals surface area contributed by atoms with Crippen LogP contribution in [0, 0.1) is 12.8 Å². The molecule has 0 aliphatic carbocycles. The minimum atomic E-state index is -0.698. The molecule has 1 aliphatic rings. The Balaban J connectivity index is 0.00000216. The Morgan fingerprint density at radius 3 is 2.58 bits per heavy atom. The van der Waals surface area contributed by atoms with E-state index in [2.05, 4.69) is 25.4 Å². The Morgan fingerprint density at radius 2 is 1.97 bits per heavy atom. The van der Waals surface area contributed by atoms with Crippen LogP contribution in [0.5, 0.6) is 0 Å². The van der Waals surface area contributed by atoms with Crippen molar-refractivity contribution < 1.29 is 14.2 Å². The number of ketones is 1. The molecule has 0 radical (unpaired) electrons. The summed E-state index contributed by atoms with van der Waals surface area (Å²) >= 11 is 1.46. The highest BCUT2D eigenvalue weighted by Crippen LogP contribution is 2.35. The normalized spacial score (nSPS) is 14.9. The zero-order chi connectivity index (χ0) is 23.6. The Morgan fingerprint density at radius 1 is 1.24 bits per heavy atom. The molecule has 0 spiro atoms. The number of aromatic amines is 1. The van der Waals surface area contributed by atoms with Gasteiger partial charge in [0.25, 0.3) is 0 Å². The molecular weight excluding hydrogens is 436 g/mol. The van der Waals surface area contributed by atoms with E-state index in [4.69, 9.17) is 4.98 Å². The maximum Gasteiger partial charge on any atom is 0.196 e. The molecule has 9 heteroatoms. The summed E-state index contributed by atoms with van der Waals surface area (Å²) in [5, 5.41) is 21.7. The van der Waals surface area contributed by atoms with E-state index in [0.29, 0.717) is 42.7 Å². The summed E-state index contributed by atoms with van der Waals surface area (Å²) < 4.78 is 0. The summed E-state index contributed by atoms with van der Waals surface area (Å²) in [4.78, 5) is 24.2. The molecule has 8 nitrogen and oxygen atoms in total. The second kappa shape index (κ2) is 9.52. The third kappa shape index (κ3) is 5.54. The molecule has 2 aromatic heterocycles. The zero-order valence-corrected chi connectivity index (χ0v) is 20.2. The molecular formula is C24H36N6O2S. The van der Waals surface area contributed by atoms with Crippen molar-refractivity contribution in [1.82, 2.24) is 20.2 Å². The maximum absolute atomic E-state index is 11.7. The predicted octanol–water partition coefficient (Wildman–Crippen LogP) is 4.87. The summed E-state index contributed by atoms with van der Waals surface area (Å²) in [7, 11) is 0. The van der Waals surface area contributed by atoms with Crippen molar-refractivity contribution in [2.45, 2.75) is 56.2 Å². The van der Waals surface area contributed by atoms with Gasteiger partial charge in [-0.05, 0) is 42.3 Å². The lowest BCUT2D eigenvalue weighted by Crippen LogP contribution is -2.65. The molecule has 0 amide bonds. The number of β-amino-alcohol motifs (C(OH)–C–C–N with tert-alkyl or cyclic N) is 1. The number of aromatic nitrogens is 4. The highest BCUT2D eigenvalue weighted by Gasteiger charge is 2.44. The number of benzene rings is 1. The van der Waals surface area contributed by atoms with E-state index in [0.717, 1.165) is 22.0 Å². The first-order chi connectivity index (χ1) is 15.7. The molecule has 1 saturated heterocycles. The second-order valence-corrected chi connectivity index (χ2v) is 9.93. The Bertz CT molecular complexity index is 1140. The number of anilines is 3. The van der Waals surface area contributed by atoms with E-state index in [1.165, 1.54) is 11.8 Å². The largest absolute Gasteiger partial charge is 0.386 e. The SMILES string of the molecule is CCC(=O)Cc1ccc(Sc2nc(Nc3cc(C)[nH]n3)cc(N3CC(O)(C(C)C)C3)n2)cc1.[HH].[HH].[HH]. The zero-order valence-electron chi connectivity index (χ0n) is 19.4. The molecule has 1 aliphatic heterocycles. The van der Waals surface area contributed by atoms with Crippen molar-refractivity contribution in [3.05, 3.63) is 47.7 Å². The number of aryl methyl sites for hydroxylation is 1. The smallest absolute Gasteiger partial charge is 0.196 e. The highest BCUT2D eigenvalue weighted by atomic mass is 32.2. The summed E-state index contributed by atoms with van der Waals surface area (Å²) in [5.41, 5.74) is 1.26. The van der Waals surface area contributed by atoms with Gasteiger partial charge in [-0.15, -0.1) is 0 Å². The minimum absolute atomic E-state index is 0. The van der Waals surface area contributed by atoms with E-state index >= 15 is 0 Å². The molecule has 4 rings (SSSR count). The summed E-state index contributed by atoms with van der Waals surface area (Å²) in [6.45, 7) is 8.95. The number of H-pyrrole nitrogens is 1. The van der Waals surface area contributed by atoms with E-state index in [1.807, 2.05) is 64.1 Å². The average molecular weight is 473 g/mol. The number of carbonyl (C=O) groups is 1. The molecule has 0 bridgehead atoms. The molecule has 1 aromatic carbocycles. The molecule has 0 atom stereocenters. The predicted molar refractivity (Wildman–Crippen MR) is 137 cm³/mol. The van der Waals surface area contributed by atoms with Crippen molar-refractivity contribution in [3.63, 3.8) is 0 Å². The van der Waals surface area contributed by atoms with Gasteiger partial charge < -0.3 is 15.3 Å². The topological polar surface area (TPSA) is 107 Å². The number of aliphatic hydroxyl groups is 1. The first-order valence-electron chi connectivity index (χ1n) is 11.2. The summed E-state index contributed by atoms with van der Waals surface area (Å²) in [5.74, 6) is 2.48. The van der Waals surface area contributed by atoms with Crippen LogP contribution < -0.4 is 10.2 Å². The van der Waals surface area contributed by atoms with Crippen LogP contribution in [0.1, 0.15) is 42.7 Å². The van der Waals surface area contributed by atoms with Crippen LogP contribution >= 0.6 is 11.8 Å². The van der Waals surface area contributed by atoms with E-state index < -0.39 is 5.60 Å². The van der Waals surface area contributed by atoms with E-state index in [-0.39, 0.29) is 16.0 Å². The molecule has 0 unspecified atom stereocenters. The lowest BCUT2D eigenvalue weighted by atomic mass is 9.83. The van der Waals surface area contributed by atoms with Gasteiger partial charge >= 0.3 is 0 Å². The van der Waals surface area contributed by atoms with Crippen LogP contribution in [-0.4, -0.2) is 49.7 Å². The third-order valence-corrected chi connectivity index (χ3v) is 6.78. The number of rotatable bonds is 9. The molecule has 180 valence electrons. The number of carbonyl (C=O) groups excluding carboxylic acids is 1. The van der Waals surface area contributed by atoms with Gasteiger partial charge in [0.1, 0.15) is 23.0 Å². The molecule has 3 N–H and O–H groups in total. The lowest BCUT2D eigenvalue weighted by Gasteiger charge is -2.49. The summed E-state index contributed by atoms with van der Waals surface area (Å²) in [6.07, 6.45) is 1.00. The molecule has 3 heterocycles. The second-order valence-electron chi connectivity index (χ2n) is 8.88. The number of hydrogen-bond donors (Lipinski definition) is 3. The van der Waals surface area contributed by atoms with Crippen LogP contribution in [0.2, 0.25) is 0 Å². The van der Waals surface area contributed by atoms with Gasteiger partial charge in [0.15, 0.2) is 11.0 Å². The van der Waals surface area contributed by atoms with Gasteiger partial charge in [-0.25, -0.2) is 9.97 Å². The van der Waals surface area contributed by atoms with Gasteiger partial charge in [-0.2, -0.15) is 5.10 Å². The van der Waals surface area contributed by atoms with Crippen molar-refractivity contribution in [2.24, 2.45) is 5.92 Å². The van der Waals surface area contributed by atoms with Crippen LogP contribution in [0.25, 0.3) is 0 Å². The molecule has 3 aromatic rings. The third-order valence-electron chi connectivity index (χ3n) is 5.91. The van der Waals surface area contributed by atoms with Crippen LogP contribution in [0.4, 0.5) is 17.5 Å². The van der Waals surface area contributed by atoms with Crippen molar-refractivity contribution >= 4 is 35.0 Å². The van der Waals surface area contributed by atoms with Gasteiger partial charge in [-0.3, -0.25) is 9.89 Å². The Kier molecular flexibility index (Phi) is 6.71.